The van der Waals surface area contributed by atoms with Crippen LogP contribution in [0.15, 0.2) is 52.9 Å². The zero-order valence-electron chi connectivity index (χ0n) is 13.3. The lowest BCUT2D eigenvalue weighted by Gasteiger charge is -2.18. The first-order valence-electron chi connectivity index (χ1n) is 7.25. The molecule has 5 nitrogen and oxygen atoms in total. The van der Waals surface area contributed by atoms with E-state index in [1.807, 2.05) is 0 Å². The van der Waals surface area contributed by atoms with Gasteiger partial charge in [0, 0.05) is 11.1 Å². The van der Waals surface area contributed by atoms with E-state index in [0.29, 0.717) is 17.1 Å². The number of Topliss-reactive ketones (excluding diaryl/α,β-unsaturated/α-hetero) is 1. The topological polar surface area (TPSA) is 69.7 Å². The number of carbonyl (C=O) groups excluding carboxylic acids is 1. The van der Waals surface area contributed by atoms with Crippen molar-refractivity contribution in [1.29, 1.82) is 0 Å². The molecule has 24 heavy (non-hydrogen) atoms. The molecule has 0 atom stereocenters. The number of hydrogen-bond donors (Lipinski definition) is 0. The van der Waals surface area contributed by atoms with Gasteiger partial charge in [-0.1, -0.05) is 18.2 Å². The Balaban J connectivity index is 2.08. The minimum atomic E-state index is -3.52. The fourth-order valence-corrected chi connectivity index (χ4v) is 4.26. The second-order valence-corrected chi connectivity index (χ2v) is 7.33. The number of ether oxygens (including phenoxy) is 2. The number of rotatable bonds is 3. The molecule has 1 aliphatic heterocycles. The van der Waals surface area contributed by atoms with Gasteiger partial charge in [0.1, 0.15) is 0 Å². The Hall–Kier alpha value is -2.60. The lowest BCUT2D eigenvalue weighted by molar-refractivity contribution is 0.103. The third-order valence-electron chi connectivity index (χ3n) is 3.85. The third-order valence-corrected chi connectivity index (χ3v) is 5.57. The molecule has 0 fully saturated rings. The molecule has 0 aliphatic carbocycles. The van der Waals surface area contributed by atoms with Gasteiger partial charge in [-0.3, -0.25) is 4.79 Å². The summed E-state index contributed by atoms with van der Waals surface area (Å²) in [7, 11) is -0.471. The van der Waals surface area contributed by atoms with Gasteiger partial charge in [-0.05, 0) is 35.9 Å². The van der Waals surface area contributed by atoms with Gasteiger partial charge in [-0.25, -0.2) is 8.42 Å². The smallest absolute Gasteiger partial charge is 0.191 e. The molecule has 0 amide bonds. The summed E-state index contributed by atoms with van der Waals surface area (Å²) in [5.74, 6) is 0.498. The highest BCUT2D eigenvalue weighted by Crippen LogP contribution is 2.31. The zero-order chi connectivity index (χ0) is 17.3. The molecule has 0 unspecified atom stereocenters. The van der Waals surface area contributed by atoms with Crippen molar-refractivity contribution >= 4 is 21.7 Å². The van der Waals surface area contributed by atoms with Gasteiger partial charge in [0.2, 0.25) is 0 Å². The van der Waals surface area contributed by atoms with Gasteiger partial charge in [0.15, 0.2) is 27.1 Å². The fraction of sp³-hybridized carbons (Fsp3) is 0.167. The standard InChI is InChI=1S/C18H16O5S/c1-22-15-8-7-12(10-16(15)23-2)9-13-11-24(20,21)17-6-4-3-5-14(17)18(13)19/h3-10H,11H2,1-2H3/b13-9+. The Kier molecular flexibility index (Phi) is 4.15. The number of hydrogen-bond acceptors (Lipinski definition) is 5. The summed E-state index contributed by atoms with van der Waals surface area (Å²) in [6, 6.07) is 11.4. The van der Waals surface area contributed by atoms with E-state index in [1.54, 1.807) is 36.4 Å². The van der Waals surface area contributed by atoms with E-state index in [0.717, 1.165) is 0 Å². The molecular weight excluding hydrogens is 328 g/mol. The Morgan fingerprint density at radius 2 is 1.71 bits per heavy atom. The summed E-state index contributed by atoms with van der Waals surface area (Å²) >= 11 is 0. The van der Waals surface area contributed by atoms with Crippen molar-refractivity contribution in [3.05, 3.63) is 59.2 Å². The van der Waals surface area contributed by atoms with Gasteiger partial charge in [0.25, 0.3) is 0 Å². The molecule has 3 rings (SSSR count). The van der Waals surface area contributed by atoms with Gasteiger partial charge in [-0.15, -0.1) is 0 Å². The molecule has 0 bridgehead atoms. The van der Waals surface area contributed by atoms with Crippen LogP contribution in [0.25, 0.3) is 6.08 Å². The highest BCUT2D eigenvalue weighted by atomic mass is 32.2. The molecule has 0 aromatic heterocycles. The normalized spacial score (nSPS) is 17.4. The molecule has 2 aromatic rings. The first kappa shape index (κ1) is 16.3. The van der Waals surface area contributed by atoms with Crippen LogP contribution in [0.2, 0.25) is 0 Å². The first-order chi connectivity index (χ1) is 11.5. The highest BCUT2D eigenvalue weighted by molar-refractivity contribution is 7.91. The number of ketones is 1. The van der Waals surface area contributed by atoms with Crippen LogP contribution in [0.5, 0.6) is 11.5 Å². The van der Waals surface area contributed by atoms with E-state index in [1.165, 1.54) is 26.4 Å². The Labute approximate surface area is 140 Å². The average molecular weight is 344 g/mol. The molecule has 0 N–H and O–H groups in total. The number of sulfone groups is 1. The molecule has 0 saturated heterocycles. The number of carbonyl (C=O) groups is 1. The fourth-order valence-electron chi connectivity index (χ4n) is 2.70. The average Bonchev–Trinajstić information content (AvgIpc) is 2.59. The molecule has 0 radical (unpaired) electrons. The zero-order valence-corrected chi connectivity index (χ0v) is 14.1. The number of methoxy groups -OCH3 is 2. The molecule has 124 valence electrons. The maximum absolute atomic E-state index is 12.6. The number of fused-ring (bicyclic) bond motifs is 1. The van der Waals surface area contributed by atoms with E-state index in [9.17, 15) is 13.2 Å². The van der Waals surface area contributed by atoms with Crippen LogP contribution in [-0.2, 0) is 9.84 Å². The molecule has 2 aromatic carbocycles. The van der Waals surface area contributed by atoms with Crippen LogP contribution < -0.4 is 9.47 Å². The lowest BCUT2D eigenvalue weighted by atomic mass is 10.0. The minimum Gasteiger partial charge on any atom is -0.493 e. The predicted octanol–water partition coefficient (Wildman–Crippen LogP) is 2.76. The van der Waals surface area contributed by atoms with E-state index in [-0.39, 0.29) is 27.6 Å². The maximum atomic E-state index is 12.6. The summed E-state index contributed by atoms with van der Waals surface area (Å²) in [5.41, 5.74) is 1.13. The van der Waals surface area contributed by atoms with Crippen molar-refractivity contribution in [2.75, 3.05) is 20.0 Å². The quantitative estimate of drug-likeness (QED) is 0.801. The summed E-state index contributed by atoms with van der Waals surface area (Å²) in [5, 5.41) is 0. The van der Waals surface area contributed by atoms with Gasteiger partial charge >= 0.3 is 0 Å². The second-order valence-electron chi connectivity index (χ2n) is 5.37. The Bertz CT molecular complexity index is 942. The van der Waals surface area contributed by atoms with Gasteiger partial charge < -0.3 is 9.47 Å². The van der Waals surface area contributed by atoms with Crippen molar-refractivity contribution < 1.29 is 22.7 Å². The second kappa shape index (κ2) is 6.13. The Morgan fingerprint density at radius 3 is 2.42 bits per heavy atom. The van der Waals surface area contributed by atoms with Crippen LogP contribution >= 0.6 is 0 Å². The SMILES string of the molecule is COc1ccc(/C=C2\CS(=O)(=O)c3ccccc3C2=O)cc1OC. The van der Waals surface area contributed by atoms with Crippen LogP contribution in [-0.4, -0.2) is 34.2 Å². The van der Waals surface area contributed by atoms with Crippen molar-refractivity contribution in [3.8, 4) is 11.5 Å². The van der Waals surface area contributed by atoms with Crippen LogP contribution in [0.1, 0.15) is 15.9 Å². The number of benzene rings is 2. The predicted molar refractivity (Wildman–Crippen MR) is 90.3 cm³/mol. The monoisotopic (exact) mass is 344 g/mol. The van der Waals surface area contributed by atoms with E-state index >= 15 is 0 Å². The highest BCUT2D eigenvalue weighted by Gasteiger charge is 2.32. The first-order valence-corrected chi connectivity index (χ1v) is 8.90. The van der Waals surface area contributed by atoms with E-state index < -0.39 is 9.84 Å². The van der Waals surface area contributed by atoms with E-state index in [4.69, 9.17) is 9.47 Å². The van der Waals surface area contributed by atoms with Crippen LogP contribution in [0.3, 0.4) is 0 Å². The lowest BCUT2D eigenvalue weighted by Crippen LogP contribution is -2.24. The van der Waals surface area contributed by atoms with Crippen LogP contribution in [0.4, 0.5) is 0 Å². The molecule has 1 aliphatic rings. The Morgan fingerprint density at radius 1 is 1.00 bits per heavy atom. The van der Waals surface area contributed by atoms with Crippen molar-refractivity contribution in [2.24, 2.45) is 0 Å². The summed E-state index contributed by atoms with van der Waals surface area (Å²) in [6.45, 7) is 0. The summed E-state index contributed by atoms with van der Waals surface area (Å²) < 4.78 is 35.2. The van der Waals surface area contributed by atoms with Crippen molar-refractivity contribution in [2.45, 2.75) is 4.90 Å². The molecule has 0 spiro atoms. The van der Waals surface area contributed by atoms with Gasteiger partial charge in [0.05, 0.1) is 24.9 Å². The molecule has 0 saturated carbocycles. The van der Waals surface area contributed by atoms with Crippen molar-refractivity contribution in [1.82, 2.24) is 0 Å². The van der Waals surface area contributed by atoms with Crippen LogP contribution in [0, 0.1) is 0 Å². The summed E-state index contributed by atoms with van der Waals surface area (Å²) in [6.07, 6.45) is 1.58. The summed E-state index contributed by atoms with van der Waals surface area (Å²) in [4.78, 5) is 12.7. The van der Waals surface area contributed by atoms with E-state index in [2.05, 4.69) is 0 Å². The minimum absolute atomic E-state index is 0.0967. The molecular formula is C18H16O5S. The molecule has 6 heteroatoms. The molecule has 1 heterocycles. The maximum Gasteiger partial charge on any atom is 0.191 e. The largest absolute Gasteiger partial charge is 0.493 e. The van der Waals surface area contributed by atoms with Crippen molar-refractivity contribution in [3.63, 3.8) is 0 Å². The third kappa shape index (κ3) is 2.80. The van der Waals surface area contributed by atoms with Gasteiger partial charge in [-0.2, -0.15) is 0 Å².